The molecule has 3 aliphatic carbocycles. The van der Waals surface area contributed by atoms with Crippen molar-refractivity contribution in [3.63, 3.8) is 0 Å². The molecule has 4 rings (SSSR count). The van der Waals surface area contributed by atoms with Gasteiger partial charge in [0, 0.05) is 18.1 Å². The second-order valence-corrected chi connectivity index (χ2v) is 7.65. The maximum atomic E-state index is 9.67. The van der Waals surface area contributed by atoms with E-state index in [1.165, 1.54) is 57.9 Å². The highest BCUT2D eigenvalue weighted by Crippen LogP contribution is 2.43. The van der Waals surface area contributed by atoms with Crippen LogP contribution in [0, 0.1) is 17.2 Å². The molecule has 1 N–H and O–H groups in total. The lowest BCUT2D eigenvalue weighted by molar-refractivity contribution is 0.0674. The average Bonchev–Trinajstić information content (AvgIpc) is 3.00. The van der Waals surface area contributed by atoms with Crippen molar-refractivity contribution >= 4 is 0 Å². The van der Waals surface area contributed by atoms with Crippen LogP contribution in [0.15, 0.2) is 0 Å². The molecule has 4 fully saturated rings. The van der Waals surface area contributed by atoms with Gasteiger partial charge in [0.25, 0.3) is 0 Å². The van der Waals surface area contributed by atoms with Gasteiger partial charge in [-0.2, -0.15) is 5.26 Å². The Bertz CT molecular complexity index is 411. The number of rotatable bonds is 3. The molecule has 1 saturated heterocycles. The van der Waals surface area contributed by atoms with Crippen molar-refractivity contribution in [1.82, 2.24) is 10.2 Å². The number of hydrogen-bond donors (Lipinski definition) is 1. The van der Waals surface area contributed by atoms with Crippen LogP contribution in [0.3, 0.4) is 0 Å². The number of nitrogens with one attached hydrogen (secondary N) is 1. The van der Waals surface area contributed by atoms with Crippen molar-refractivity contribution in [2.75, 3.05) is 6.54 Å². The highest BCUT2D eigenvalue weighted by Gasteiger charge is 2.47. The van der Waals surface area contributed by atoms with Crippen LogP contribution in [-0.2, 0) is 0 Å². The van der Waals surface area contributed by atoms with Gasteiger partial charge in [0.1, 0.15) is 5.54 Å². The molecule has 3 heteroatoms. The lowest BCUT2D eigenvalue weighted by atomic mass is 9.90. The van der Waals surface area contributed by atoms with Gasteiger partial charge in [0.15, 0.2) is 0 Å². The Morgan fingerprint density at radius 1 is 1.05 bits per heavy atom. The molecule has 0 aromatic rings. The minimum absolute atomic E-state index is 0.197. The Kier molecular flexibility index (Phi) is 3.27. The summed E-state index contributed by atoms with van der Waals surface area (Å²) in [5.74, 6) is 0.970. The number of nitrogens with zero attached hydrogens (tertiary/aromatic N) is 2. The third-order valence-corrected chi connectivity index (χ3v) is 6.27. The molecular weight excluding hydrogens is 246 g/mol. The Morgan fingerprint density at radius 2 is 1.90 bits per heavy atom. The normalized spacial score (nSPS) is 45.2. The fourth-order valence-electron chi connectivity index (χ4n) is 5.13. The summed E-state index contributed by atoms with van der Waals surface area (Å²) in [5, 5.41) is 13.3. The summed E-state index contributed by atoms with van der Waals surface area (Å²) in [6, 6.07) is 4.81. The van der Waals surface area contributed by atoms with Crippen molar-refractivity contribution in [3.8, 4) is 6.07 Å². The summed E-state index contributed by atoms with van der Waals surface area (Å²) in [4.78, 5) is 2.81. The largest absolute Gasteiger partial charge is 0.297 e. The molecule has 0 radical (unpaired) electrons. The molecular formula is C17H27N3. The number of likely N-dealkylation sites (tertiary alicyclic amines) is 1. The van der Waals surface area contributed by atoms with Crippen LogP contribution in [0.2, 0.25) is 0 Å². The predicted molar refractivity (Wildman–Crippen MR) is 79.2 cm³/mol. The van der Waals surface area contributed by atoms with Crippen molar-refractivity contribution < 1.29 is 0 Å². The zero-order chi connectivity index (χ0) is 13.6. The first-order chi connectivity index (χ1) is 9.80. The van der Waals surface area contributed by atoms with E-state index in [0.717, 1.165) is 24.8 Å². The summed E-state index contributed by atoms with van der Waals surface area (Å²) in [6.07, 6.45) is 13.1. The Morgan fingerprint density at radius 3 is 2.70 bits per heavy atom. The summed E-state index contributed by atoms with van der Waals surface area (Å²) >= 11 is 0. The van der Waals surface area contributed by atoms with Gasteiger partial charge >= 0.3 is 0 Å². The topological polar surface area (TPSA) is 39.1 Å². The first kappa shape index (κ1) is 13.1. The number of piperidine rings is 1. The number of hydrogen-bond acceptors (Lipinski definition) is 3. The van der Waals surface area contributed by atoms with E-state index in [0.29, 0.717) is 12.1 Å². The van der Waals surface area contributed by atoms with E-state index in [1.54, 1.807) is 0 Å². The van der Waals surface area contributed by atoms with Crippen LogP contribution in [0.25, 0.3) is 0 Å². The highest BCUT2D eigenvalue weighted by atomic mass is 15.2. The van der Waals surface area contributed by atoms with Gasteiger partial charge in [0.2, 0.25) is 0 Å². The fraction of sp³-hybridized carbons (Fsp3) is 0.941. The van der Waals surface area contributed by atoms with Crippen LogP contribution in [0.4, 0.5) is 0 Å². The molecule has 4 aliphatic rings. The van der Waals surface area contributed by atoms with Gasteiger partial charge in [0.05, 0.1) is 6.07 Å². The van der Waals surface area contributed by atoms with Crippen molar-refractivity contribution in [3.05, 3.63) is 0 Å². The maximum absolute atomic E-state index is 9.67. The standard InChI is InChI=1S/C17H27N3/c18-12-17(19-14-6-7-14)9-8-15(11-17)20-10-2-4-13-3-1-5-16(13)20/h13-16,19H,1-11H2. The molecule has 4 unspecified atom stereocenters. The fourth-order valence-corrected chi connectivity index (χ4v) is 5.13. The van der Waals surface area contributed by atoms with E-state index in [9.17, 15) is 5.26 Å². The molecule has 0 amide bonds. The summed E-state index contributed by atoms with van der Waals surface area (Å²) < 4.78 is 0. The monoisotopic (exact) mass is 273 g/mol. The van der Waals surface area contributed by atoms with Crippen LogP contribution < -0.4 is 5.32 Å². The second kappa shape index (κ2) is 5.00. The predicted octanol–water partition coefficient (Wildman–Crippen LogP) is 2.82. The van der Waals surface area contributed by atoms with E-state index in [-0.39, 0.29) is 5.54 Å². The third kappa shape index (κ3) is 2.27. The van der Waals surface area contributed by atoms with Gasteiger partial charge in [-0.15, -0.1) is 0 Å². The number of nitriles is 1. The molecule has 3 saturated carbocycles. The molecule has 4 atom stereocenters. The van der Waals surface area contributed by atoms with E-state index in [4.69, 9.17) is 0 Å². The molecule has 0 aromatic heterocycles. The molecule has 0 bridgehead atoms. The summed E-state index contributed by atoms with van der Waals surface area (Å²) in [7, 11) is 0. The highest BCUT2D eigenvalue weighted by molar-refractivity contribution is 5.16. The molecule has 0 aromatic carbocycles. The molecule has 0 spiro atoms. The zero-order valence-electron chi connectivity index (χ0n) is 12.5. The Hall–Kier alpha value is -0.590. The minimum Gasteiger partial charge on any atom is -0.297 e. The Labute approximate surface area is 122 Å². The smallest absolute Gasteiger partial charge is 0.108 e. The lowest BCUT2D eigenvalue weighted by Gasteiger charge is -2.42. The van der Waals surface area contributed by atoms with Crippen LogP contribution in [0.5, 0.6) is 0 Å². The van der Waals surface area contributed by atoms with Gasteiger partial charge in [-0.05, 0) is 70.3 Å². The van der Waals surface area contributed by atoms with Crippen LogP contribution in [0.1, 0.15) is 64.2 Å². The van der Waals surface area contributed by atoms with Crippen molar-refractivity contribution in [1.29, 1.82) is 5.26 Å². The quantitative estimate of drug-likeness (QED) is 0.859. The second-order valence-electron chi connectivity index (χ2n) is 7.65. The van der Waals surface area contributed by atoms with Gasteiger partial charge in [-0.3, -0.25) is 10.2 Å². The molecule has 110 valence electrons. The van der Waals surface area contributed by atoms with E-state index in [2.05, 4.69) is 16.3 Å². The van der Waals surface area contributed by atoms with Crippen molar-refractivity contribution in [2.24, 2.45) is 5.92 Å². The first-order valence-electron chi connectivity index (χ1n) is 8.74. The van der Waals surface area contributed by atoms with Gasteiger partial charge < -0.3 is 0 Å². The minimum atomic E-state index is -0.197. The Balaban J connectivity index is 1.45. The van der Waals surface area contributed by atoms with Crippen LogP contribution in [-0.4, -0.2) is 35.1 Å². The average molecular weight is 273 g/mol. The third-order valence-electron chi connectivity index (χ3n) is 6.27. The molecule has 20 heavy (non-hydrogen) atoms. The zero-order valence-corrected chi connectivity index (χ0v) is 12.5. The maximum Gasteiger partial charge on any atom is 0.108 e. The summed E-state index contributed by atoms with van der Waals surface area (Å²) in [5.41, 5.74) is -0.197. The van der Waals surface area contributed by atoms with Crippen molar-refractivity contribution in [2.45, 2.75) is 87.9 Å². The number of fused-ring (bicyclic) bond motifs is 1. The van der Waals surface area contributed by atoms with Crippen LogP contribution >= 0.6 is 0 Å². The van der Waals surface area contributed by atoms with Gasteiger partial charge in [-0.25, -0.2) is 0 Å². The molecule has 1 heterocycles. The molecule has 1 aliphatic heterocycles. The summed E-state index contributed by atoms with van der Waals surface area (Å²) in [6.45, 7) is 1.29. The lowest BCUT2D eigenvalue weighted by Crippen LogP contribution is -2.50. The first-order valence-corrected chi connectivity index (χ1v) is 8.74. The van der Waals surface area contributed by atoms with E-state index >= 15 is 0 Å². The molecule has 3 nitrogen and oxygen atoms in total. The van der Waals surface area contributed by atoms with E-state index in [1.807, 2.05) is 0 Å². The SMILES string of the molecule is N#CC1(NC2CC2)CCC(N2CCCC3CCCC32)C1. The van der Waals surface area contributed by atoms with Gasteiger partial charge in [-0.1, -0.05) is 6.42 Å². The van der Waals surface area contributed by atoms with E-state index < -0.39 is 0 Å².